The highest BCUT2D eigenvalue weighted by Crippen LogP contribution is 2.05. The van der Waals surface area contributed by atoms with Crippen LogP contribution in [0.3, 0.4) is 0 Å². The summed E-state index contributed by atoms with van der Waals surface area (Å²) in [6.45, 7) is 6.54. The average molecular weight is 438 g/mol. The van der Waals surface area contributed by atoms with Crippen LogP contribution in [0, 0.1) is 5.82 Å². The van der Waals surface area contributed by atoms with Crippen LogP contribution >= 0.6 is 24.0 Å². The van der Waals surface area contributed by atoms with Crippen molar-refractivity contribution < 1.29 is 9.13 Å². The van der Waals surface area contributed by atoms with Gasteiger partial charge in [0.15, 0.2) is 5.96 Å². The molecule has 0 spiro atoms. The molecule has 0 saturated carbocycles. The first-order chi connectivity index (χ1) is 10.7. The van der Waals surface area contributed by atoms with Crippen LogP contribution in [-0.2, 0) is 11.3 Å². The summed E-state index contributed by atoms with van der Waals surface area (Å²) in [5, 5.41) is 6.40. The van der Waals surface area contributed by atoms with Gasteiger partial charge in [-0.05, 0) is 31.7 Å². The van der Waals surface area contributed by atoms with E-state index in [4.69, 9.17) is 4.74 Å². The lowest BCUT2D eigenvalue weighted by Gasteiger charge is -2.16. The van der Waals surface area contributed by atoms with Gasteiger partial charge >= 0.3 is 0 Å². The topological polar surface area (TPSA) is 48.9 Å². The van der Waals surface area contributed by atoms with Crippen molar-refractivity contribution in [3.8, 4) is 0 Å². The first-order valence-corrected chi connectivity index (χ1v) is 7.59. The summed E-state index contributed by atoms with van der Waals surface area (Å²) in [7, 11) is 3.71. The molecule has 132 valence electrons. The molecule has 1 aromatic rings. The van der Waals surface area contributed by atoms with Gasteiger partial charge in [-0.2, -0.15) is 0 Å². The normalized spacial score (nSPS) is 11.3. The Morgan fingerprint density at radius 3 is 2.57 bits per heavy atom. The molecular weight excluding hydrogens is 410 g/mol. The molecule has 0 bridgehead atoms. The average Bonchev–Trinajstić information content (AvgIpc) is 2.50. The van der Waals surface area contributed by atoms with Crippen LogP contribution in [0.15, 0.2) is 29.3 Å². The van der Waals surface area contributed by atoms with E-state index in [9.17, 15) is 4.39 Å². The quantitative estimate of drug-likeness (QED) is 0.268. The highest BCUT2D eigenvalue weighted by molar-refractivity contribution is 14.0. The number of ether oxygens (including phenoxy) is 1. The molecular formula is C16H28FIN4O. The maximum absolute atomic E-state index is 12.9. The summed E-state index contributed by atoms with van der Waals surface area (Å²) < 4.78 is 17.9. The summed E-state index contributed by atoms with van der Waals surface area (Å²) in [5.41, 5.74) is 1.10. The van der Waals surface area contributed by atoms with Crippen molar-refractivity contribution in [1.82, 2.24) is 15.5 Å². The molecule has 0 saturated heterocycles. The van der Waals surface area contributed by atoms with E-state index < -0.39 is 0 Å². The number of hydrogen-bond acceptors (Lipinski definition) is 3. The molecule has 0 aromatic heterocycles. The second kappa shape index (κ2) is 13.5. The van der Waals surface area contributed by atoms with E-state index in [1.807, 2.05) is 26.1 Å². The van der Waals surface area contributed by atoms with Crippen molar-refractivity contribution in [2.24, 2.45) is 4.99 Å². The van der Waals surface area contributed by atoms with Gasteiger partial charge in [-0.15, -0.1) is 24.0 Å². The van der Waals surface area contributed by atoms with Crippen LogP contribution in [0.1, 0.15) is 12.5 Å². The van der Waals surface area contributed by atoms with E-state index in [1.54, 1.807) is 7.11 Å². The SMILES string of the molecule is CCNC(=NCCN(C)Cc1ccc(F)cc1)NCCOC.I. The Morgan fingerprint density at radius 1 is 1.26 bits per heavy atom. The number of benzene rings is 1. The molecule has 0 aliphatic rings. The Balaban J connectivity index is 0.00000484. The van der Waals surface area contributed by atoms with Gasteiger partial charge in [-0.3, -0.25) is 4.99 Å². The van der Waals surface area contributed by atoms with Crippen molar-refractivity contribution in [3.63, 3.8) is 0 Å². The summed E-state index contributed by atoms with van der Waals surface area (Å²) in [6.07, 6.45) is 0. The molecule has 5 nitrogen and oxygen atoms in total. The zero-order valence-electron chi connectivity index (χ0n) is 14.1. The minimum Gasteiger partial charge on any atom is -0.383 e. The van der Waals surface area contributed by atoms with Gasteiger partial charge in [0.25, 0.3) is 0 Å². The Bertz CT molecular complexity index is 442. The molecule has 0 amide bonds. The van der Waals surface area contributed by atoms with Crippen LogP contribution in [0.25, 0.3) is 0 Å². The predicted molar refractivity (Wildman–Crippen MR) is 104 cm³/mol. The van der Waals surface area contributed by atoms with Crippen molar-refractivity contribution in [2.75, 3.05) is 46.9 Å². The Kier molecular flexibility index (Phi) is 13.0. The van der Waals surface area contributed by atoms with E-state index in [0.29, 0.717) is 13.2 Å². The standard InChI is InChI=1S/C16H27FN4O.HI/c1-4-18-16(20-10-12-22-3)19-9-11-21(2)13-14-5-7-15(17)8-6-14;/h5-8H,4,9-13H2,1-3H3,(H2,18,19,20);1H. The number of likely N-dealkylation sites (N-methyl/N-ethyl adjacent to an activating group) is 1. The third kappa shape index (κ3) is 10.5. The lowest BCUT2D eigenvalue weighted by Crippen LogP contribution is -2.39. The molecule has 0 aliphatic carbocycles. The van der Waals surface area contributed by atoms with Gasteiger partial charge in [0, 0.05) is 33.3 Å². The molecule has 1 aromatic carbocycles. The Hall–Kier alpha value is -0.930. The lowest BCUT2D eigenvalue weighted by atomic mass is 10.2. The minimum atomic E-state index is -0.201. The first kappa shape index (κ1) is 22.1. The highest BCUT2D eigenvalue weighted by Gasteiger charge is 2.01. The Morgan fingerprint density at radius 2 is 1.96 bits per heavy atom. The highest BCUT2D eigenvalue weighted by atomic mass is 127. The number of halogens is 2. The van der Waals surface area contributed by atoms with E-state index in [-0.39, 0.29) is 29.8 Å². The van der Waals surface area contributed by atoms with E-state index in [0.717, 1.165) is 37.7 Å². The molecule has 0 fully saturated rings. The number of hydrogen-bond donors (Lipinski definition) is 2. The molecule has 0 atom stereocenters. The monoisotopic (exact) mass is 438 g/mol. The van der Waals surface area contributed by atoms with Crippen LogP contribution in [0.5, 0.6) is 0 Å². The van der Waals surface area contributed by atoms with Crippen LogP contribution in [-0.4, -0.2) is 57.8 Å². The van der Waals surface area contributed by atoms with Gasteiger partial charge in [0.05, 0.1) is 13.2 Å². The fourth-order valence-electron chi connectivity index (χ4n) is 1.93. The summed E-state index contributed by atoms with van der Waals surface area (Å²) in [6, 6.07) is 6.60. The van der Waals surface area contributed by atoms with E-state index in [1.165, 1.54) is 12.1 Å². The fraction of sp³-hybridized carbons (Fsp3) is 0.562. The molecule has 0 radical (unpaired) electrons. The van der Waals surface area contributed by atoms with Crippen LogP contribution in [0.2, 0.25) is 0 Å². The number of nitrogens with one attached hydrogen (secondary N) is 2. The van der Waals surface area contributed by atoms with Crippen molar-refractivity contribution in [2.45, 2.75) is 13.5 Å². The third-order valence-corrected chi connectivity index (χ3v) is 3.06. The summed E-state index contributed by atoms with van der Waals surface area (Å²) >= 11 is 0. The van der Waals surface area contributed by atoms with Gasteiger partial charge < -0.3 is 20.3 Å². The van der Waals surface area contributed by atoms with Gasteiger partial charge in [0.2, 0.25) is 0 Å². The van der Waals surface area contributed by atoms with E-state index >= 15 is 0 Å². The maximum atomic E-state index is 12.9. The molecule has 2 N–H and O–H groups in total. The molecule has 7 heteroatoms. The van der Waals surface area contributed by atoms with Crippen molar-refractivity contribution in [3.05, 3.63) is 35.6 Å². The van der Waals surface area contributed by atoms with Gasteiger partial charge in [-0.1, -0.05) is 12.1 Å². The molecule has 0 aliphatic heterocycles. The van der Waals surface area contributed by atoms with Crippen LogP contribution in [0.4, 0.5) is 4.39 Å². The van der Waals surface area contributed by atoms with Crippen molar-refractivity contribution in [1.29, 1.82) is 0 Å². The van der Waals surface area contributed by atoms with Gasteiger partial charge in [-0.25, -0.2) is 4.39 Å². The second-order valence-electron chi connectivity index (χ2n) is 5.04. The van der Waals surface area contributed by atoms with Crippen LogP contribution < -0.4 is 10.6 Å². The van der Waals surface area contributed by atoms with Crippen molar-refractivity contribution >= 4 is 29.9 Å². The summed E-state index contributed by atoms with van der Waals surface area (Å²) in [5.74, 6) is 0.600. The number of rotatable bonds is 9. The number of nitrogens with zero attached hydrogens (tertiary/aromatic N) is 2. The molecule has 0 unspecified atom stereocenters. The third-order valence-electron chi connectivity index (χ3n) is 3.06. The smallest absolute Gasteiger partial charge is 0.191 e. The zero-order chi connectivity index (χ0) is 16.2. The minimum absolute atomic E-state index is 0. The van der Waals surface area contributed by atoms with E-state index in [2.05, 4.69) is 20.5 Å². The molecule has 23 heavy (non-hydrogen) atoms. The zero-order valence-corrected chi connectivity index (χ0v) is 16.5. The van der Waals surface area contributed by atoms with Gasteiger partial charge in [0.1, 0.15) is 5.82 Å². The maximum Gasteiger partial charge on any atom is 0.191 e. The predicted octanol–water partition coefficient (Wildman–Crippen LogP) is 2.08. The summed E-state index contributed by atoms with van der Waals surface area (Å²) in [4.78, 5) is 6.68. The number of aliphatic imine (C=N–C) groups is 1. The Labute approximate surface area is 155 Å². The molecule has 0 heterocycles. The number of methoxy groups -OCH3 is 1. The molecule has 1 rings (SSSR count). The number of guanidine groups is 1. The second-order valence-corrected chi connectivity index (χ2v) is 5.04. The first-order valence-electron chi connectivity index (χ1n) is 7.59. The fourth-order valence-corrected chi connectivity index (χ4v) is 1.93. The largest absolute Gasteiger partial charge is 0.383 e. The lowest BCUT2D eigenvalue weighted by molar-refractivity contribution is 0.203.